The van der Waals surface area contributed by atoms with Gasteiger partial charge in [0.1, 0.15) is 0 Å². The minimum Gasteiger partial charge on any atom is -0.393 e. The van der Waals surface area contributed by atoms with Crippen LogP contribution in [0, 0.1) is 0 Å². The zero-order valence-electron chi connectivity index (χ0n) is 15.3. The zero-order chi connectivity index (χ0) is 18.7. The summed E-state index contributed by atoms with van der Waals surface area (Å²) in [5.74, 6) is 0.131. The molecule has 25 heavy (non-hydrogen) atoms. The lowest BCUT2D eigenvalue weighted by molar-refractivity contribution is -0.121. The molecule has 1 aromatic rings. The minimum absolute atomic E-state index is 0.0610. The van der Waals surface area contributed by atoms with Crippen molar-refractivity contribution in [2.75, 3.05) is 13.2 Å². The third-order valence-corrected chi connectivity index (χ3v) is 5.52. The first-order valence-corrected chi connectivity index (χ1v) is 11.2. The Balaban J connectivity index is 2.22. The van der Waals surface area contributed by atoms with Crippen molar-refractivity contribution in [3.05, 3.63) is 17.0 Å². The molecule has 2 N–H and O–H groups in total. The Morgan fingerprint density at radius 3 is 2.72 bits per heavy atom. The summed E-state index contributed by atoms with van der Waals surface area (Å²) in [6, 6.07) is 1.87. The molecule has 0 aliphatic carbocycles. The fourth-order valence-electron chi connectivity index (χ4n) is 2.27. The van der Waals surface area contributed by atoms with Crippen molar-refractivity contribution >= 4 is 25.1 Å². The summed E-state index contributed by atoms with van der Waals surface area (Å²) in [7, 11) is -4.18. The molecule has 144 valence electrons. The second-order valence-corrected chi connectivity index (χ2v) is 8.48. The summed E-state index contributed by atoms with van der Waals surface area (Å²) in [5.41, 5.74) is 0.874. The third-order valence-electron chi connectivity index (χ3n) is 3.66. The maximum absolute atomic E-state index is 12.0. The highest BCUT2D eigenvalue weighted by atomic mass is 32.1. The third kappa shape index (κ3) is 9.40. The Morgan fingerprint density at radius 2 is 2.04 bits per heavy atom. The van der Waals surface area contributed by atoms with Crippen LogP contribution < -0.4 is 9.84 Å². The predicted molar refractivity (Wildman–Crippen MR) is 101 cm³/mol. The molecule has 0 aliphatic heterocycles. The Labute approximate surface area is 154 Å². The van der Waals surface area contributed by atoms with Crippen LogP contribution in [0.25, 0.3) is 0 Å². The van der Waals surface area contributed by atoms with Crippen LogP contribution in [0.2, 0.25) is 0 Å². The quantitative estimate of drug-likeness (QED) is 0.371. The lowest BCUT2D eigenvalue weighted by atomic mass is 10.1. The van der Waals surface area contributed by atoms with E-state index in [2.05, 4.69) is 12.2 Å². The van der Waals surface area contributed by atoms with E-state index in [4.69, 9.17) is 9.05 Å². The molecule has 0 bridgehead atoms. The van der Waals surface area contributed by atoms with Gasteiger partial charge in [-0.2, -0.15) is 0 Å². The first-order valence-electron chi connectivity index (χ1n) is 8.86. The van der Waals surface area contributed by atoms with E-state index in [0.29, 0.717) is 11.5 Å². The molecule has 0 saturated heterocycles. The van der Waals surface area contributed by atoms with Crippen LogP contribution >= 0.6 is 19.2 Å². The topological polar surface area (TPSA) is 84.9 Å². The van der Waals surface area contributed by atoms with Gasteiger partial charge in [-0.25, -0.2) is 4.57 Å². The smallest absolute Gasteiger partial charge is 0.393 e. The monoisotopic (exact) mass is 391 g/mol. The maximum Gasteiger partial charge on any atom is 0.528 e. The van der Waals surface area contributed by atoms with Crippen LogP contribution in [0.4, 0.5) is 0 Å². The molecule has 0 fully saturated rings. The molecule has 6 nitrogen and oxygen atoms in total. The molecule has 1 amide bonds. The summed E-state index contributed by atoms with van der Waals surface area (Å²) < 4.78 is 22.0. The van der Waals surface area contributed by atoms with Gasteiger partial charge >= 0.3 is 7.82 Å². The number of carbonyl (C=O) groups excluding carboxylic acids is 1. The average Bonchev–Trinajstić information content (AvgIpc) is 2.99. The number of phosphoric ester groups is 1. The first-order chi connectivity index (χ1) is 11.9. The minimum atomic E-state index is -4.18. The van der Waals surface area contributed by atoms with Gasteiger partial charge in [0.15, 0.2) is 5.06 Å². The van der Waals surface area contributed by atoms with Crippen LogP contribution in [0.1, 0.15) is 70.8 Å². The van der Waals surface area contributed by atoms with Gasteiger partial charge in [-0.05, 0) is 23.8 Å². The average molecular weight is 391 g/mol. The van der Waals surface area contributed by atoms with Crippen LogP contribution in [0.5, 0.6) is 5.06 Å². The van der Waals surface area contributed by atoms with Crippen LogP contribution in [0.15, 0.2) is 11.4 Å². The SMILES string of the molecule is CCCCCCCC(=O)NCCOP(=O)(O)Oc1sccc1C(C)C. The first kappa shape index (κ1) is 22.2. The van der Waals surface area contributed by atoms with Gasteiger partial charge in [0, 0.05) is 18.5 Å². The van der Waals surface area contributed by atoms with Crippen molar-refractivity contribution in [1.82, 2.24) is 5.32 Å². The molecular weight excluding hydrogens is 361 g/mol. The zero-order valence-corrected chi connectivity index (χ0v) is 17.0. The molecule has 0 saturated carbocycles. The highest BCUT2D eigenvalue weighted by Crippen LogP contribution is 2.47. The lowest BCUT2D eigenvalue weighted by Gasteiger charge is -2.14. The molecule has 0 spiro atoms. The molecular formula is C17H30NO5PS. The number of thiophene rings is 1. The number of unbranched alkanes of at least 4 members (excludes halogenated alkanes) is 4. The molecule has 1 heterocycles. The normalized spacial score (nSPS) is 13.6. The number of hydrogen-bond acceptors (Lipinski definition) is 5. The molecule has 1 aromatic heterocycles. The fraction of sp³-hybridized carbons (Fsp3) is 0.706. The van der Waals surface area contributed by atoms with E-state index in [1.807, 2.05) is 25.3 Å². The van der Waals surface area contributed by atoms with E-state index in [0.717, 1.165) is 24.8 Å². The Hall–Kier alpha value is -0.880. The van der Waals surface area contributed by atoms with Crippen molar-refractivity contribution in [1.29, 1.82) is 0 Å². The summed E-state index contributed by atoms with van der Waals surface area (Å²) in [4.78, 5) is 21.4. The molecule has 8 heteroatoms. The summed E-state index contributed by atoms with van der Waals surface area (Å²) in [6.45, 7) is 6.23. The fourth-order valence-corrected chi connectivity index (χ4v) is 4.19. The molecule has 1 atom stereocenters. The van der Waals surface area contributed by atoms with E-state index in [1.165, 1.54) is 24.2 Å². The lowest BCUT2D eigenvalue weighted by Crippen LogP contribution is -2.26. The van der Waals surface area contributed by atoms with Crippen LogP contribution in [0.3, 0.4) is 0 Å². The number of carbonyl (C=O) groups is 1. The summed E-state index contributed by atoms with van der Waals surface area (Å²) in [5, 5.41) is 4.90. The largest absolute Gasteiger partial charge is 0.528 e. The maximum atomic E-state index is 12.0. The Kier molecular flexibility index (Phi) is 10.4. The molecule has 0 radical (unpaired) electrons. The molecule has 1 rings (SSSR count). The molecule has 0 aromatic carbocycles. The number of phosphoric acid groups is 1. The standard InChI is InChI=1S/C17H30NO5PS/c1-4-5-6-7-8-9-16(19)18-11-12-22-24(20,21)23-17-15(14(2)3)10-13-25-17/h10,13-14H,4-9,11-12H2,1-3H3,(H,18,19)(H,20,21). The van der Waals surface area contributed by atoms with Gasteiger partial charge in [-0.1, -0.05) is 46.5 Å². The van der Waals surface area contributed by atoms with Crippen molar-refractivity contribution in [3.63, 3.8) is 0 Å². The summed E-state index contributed by atoms with van der Waals surface area (Å²) >= 11 is 1.26. The van der Waals surface area contributed by atoms with E-state index in [1.54, 1.807) is 0 Å². The van der Waals surface area contributed by atoms with Gasteiger partial charge < -0.3 is 9.84 Å². The van der Waals surface area contributed by atoms with Crippen molar-refractivity contribution < 1.29 is 23.3 Å². The number of hydrogen-bond donors (Lipinski definition) is 2. The van der Waals surface area contributed by atoms with Gasteiger partial charge in [0.25, 0.3) is 0 Å². The molecule has 0 aliphatic rings. The van der Waals surface area contributed by atoms with Gasteiger partial charge in [0.05, 0.1) is 6.61 Å². The number of rotatable bonds is 13. The highest BCUT2D eigenvalue weighted by Gasteiger charge is 2.25. The van der Waals surface area contributed by atoms with Gasteiger partial charge in [-0.3, -0.25) is 14.2 Å². The molecule has 1 unspecified atom stereocenters. The van der Waals surface area contributed by atoms with E-state index >= 15 is 0 Å². The Bertz CT molecular complexity index is 561. The second kappa shape index (κ2) is 11.7. The second-order valence-electron chi connectivity index (χ2n) is 6.23. The van der Waals surface area contributed by atoms with Gasteiger partial charge in [-0.15, -0.1) is 11.3 Å². The predicted octanol–water partition coefficient (Wildman–Crippen LogP) is 4.84. The van der Waals surface area contributed by atoms with Crippen molar-refractivity contribution in [3.8, 4) is 5.06 Å². The Morgan fingerprint density at radius 1 is 1.32 bits per heavy atom. The van der Waals surface area contributed by atoms with Crippen LogP contribution in [-0.4, -0.2) is 24.0 Å². The van der Waals surface area contributed by atoms with E-state index < -0.39 is 7.82 Å². The number of nitrogens with one attached hydrogen (secondary N) is 1. The van der Waals surface area contributed by atoms with Gasteiger partial charge in [0.2, 0.25) is 5.91 Å². The summed E-state index contributed by atoms with van der Waals surface area (Å²) in [6.07, 6.45) is 5.92. The van der Waals surface area contributed by atoms with Crippen molar-refractivity contribution in [2.45, 2.75) is 65.2 Å². The number of amides is 1. The van der Waals surface area contributed by atoms with E-state index in [9.17, 15) is 14.3 Å². The van der Waals surface area contributed by atoms with Crippen LogP contribution in [-0.2, 0) is 13.9 Å². The van der Waals surface area contributed by atoms with Crippen molar-refractivity contribution in [2.24, 2.45) is 0 Å². The highest BCUT2D eigenvalue weighted by molar-refractivity contribution is 7.48. The van der Waals surface area contributed by atoms with E-state index in [-0.39, 0.29) is 25.0 Å².